The van der Waals surface area contributed by atoms with Gasteiger partial charge in [0.15, 0.2) is 5.16 Å². The highest BCUT2D eigenvalue weighted by molar-refractivity contribution is 7.99. The Morgan fingerprint density at radius 1 is 0.963 bits per heavy atom. The number of nitrogens with one attached hydrogen (secondary N) is 2. The van der Waals surface area contributed by atoms with E-state index in [0.29, 0.717) is 15.4 Å². The van der Waals surface area contributed by atoms with Gasteiger partial charge in [-0.15, -0.1) is 10.2 Å². The number of hydrogen-bond acceptors (Lipinski definition) is 5. The van der Waals surface area contributed by atoms with Crippen LogP contribution in [0.25, 0.3) is 22.0 Å². The third-order valence-electron chi connectivity index (χ3n) is 4.03. The number of H-pyrrole nitrogens is 2. The Kier molecular flexibility index (Phi) is 4.55. The molecular formula is C19H13ClN4O2S. The molecule has 8 heteroatoms. The minimum Gasteiger partial charge on any atom is -0.321 e. The molecule has 2 heterocycles. The van der Waals surface area contributed by atoms with Crippen LogP contribution in [0.1, 0.15) is 5.69 Å². The van der Waals surface area contributed by atoms with Crippen LogP contribution in [0, 0.1) is 6.92 Å². The number of hydrogen-bond donors (Lipinski definition) is 2. The standard InChI is InChI=1S/C19H13ClN4O2S/c1-10-17(25)22-19(24-23-10)27-16-15(11-5-3-2-4-6-11)13-9-12(20)7-8-14(13)21-18(16)26/h2-9H,1H3,(H,21,26)(H,22,24,25). The highest BCUT2D eigenvalue weighted by atomic mass is 35.5. The third kappa shape index (κ3) is 3.39. The van der Waals surface area contributed by atoms with Crippen LogP contribution in [0.5, 0.6) is 0 Å². The molecule has 0 saturated carbocycles. The highest BCUT2D eigenvalue weighted by Gasteiger charge is 2.17. The number of benzene rings is 2. The number of aromatic amines is 2. The summed E-state index contributed by atoms with van der Waals surface area (Å²) < 4.78 is 0. The quantitative estimate of drug-likeness (QED) is 0.549. The van der Waals surface area contributed by atoms with Crippen molar-refractivity contribution in [3.8, 4) is 11.1 Å². The molecule has 0 aliphatic carbocycles. The van der Waals surface area contributed by atoms with Gasteiger partial charge in [-0.1, -0.05) is 41.9 Å². The van der Waals surface area contributed by atoms with E-state index in [0.717, 1.165) is 28.3 Å². The summed E-state index contributed by atoms with van der Waals surface area (Å²) in [6.07, 6.45) is 0. The second-order valence-electron chi connectivity index (χ2n) is 5.86. The van der Waals surface area contributed by atoms with Crippen LogP contribution in [0.4, 0.5) is 0 Å². The second kappa shape index (κ2) is 7.02. The number of aryl methyl sites for hydroxylation is 1. The van der Waals surface area contributed by atoms with E-state index in [9.17, 15) is 9.59 Å². The number of nitrogens with zero attached hydrogens (tertiary/aromatic N) is 2. The lowest BCUT2D eigenvalue weighted by atomic mass is 10.0. The van der Waals surface area contributed by atoms with E-state index in [4.69, 9.17) is 11.6 Å². The lowest BCUT2D eigenvalue weighted by Crippen LogP contribution is -2.16. The van der Waals surface area contributed by atoms with Crippen LogP contribution >= 0.6 is 23.4 Å². The SMILES string of the molecule is Cc1nnc(Sc2c(-c3ccccc3)c3cc(Cl)ccc3[nH]c2=O)[nH]c1=O. The Morgan fingerprint density at radius 2 is 1.74 bits per heavy atom. The summed E-state index contributed by atoms with van der Waals surface area (Å²) >= 11 is 7.26. The second-order valence-corrected chi connectivity index (χ2v) is 7.30. The summed E-state index contributed by atoms with van der Waals surface area (Å²) in [6.45, 7) is 1.57. The molecule has 4 aromatic rings. The fraction of sp³-hybridized carbons (Fsp3) is 0.0526. The van der Waals surface area contributed by atoms with Gasteiger partial charge in [-0.3, -0.25) is 14.6 Å². The first-order valence-corrected chi connectivity index (χ1v) is 9.25. The summed E-state index contributed by atoms with van der Waals surface area (Å²) in [5, 5.41) is 9.43. The number of pyridine rings is 1. The fourth-order valence-corrected chi connectivity index (χ4v) is 3.82. The van der Waals surface area contributed by atoms with E-state index >= 15 is 0 Å². The maximum absolute atomic E-state index is 12.8. The Labute approximate surface area is 162 Å². The molecule has 0 unspecified atom stereocenters. The van der Waals surface area contributed by atoms with Crippen molar-refractivity contribution in [2.45, 2.75) is 17.0 Å². The molecular weight excluding hydrogens is 384 g/mol. The summed E-state index contributed by atoms with van der Waals surface area (Å²) in [5.74, 6) is 0. The van der Waals surface area contributed by atoms with Gasteiger partial charge < -0.3 is 4.98 Å². The van der Waals surface area contributed by atoms with Gasteiger partial charge in [-0.25, -0.2) is 0 Å². The number of halogens is 1. The van der Waals surface area contributed by atoms with Crippen molar-refractivity contribution >= 4 is 34.3 Å². The Morgan fingerprint density at radius 3 is 2.48 bits per heavy atom. The zero-order valence-corrected chi connectivity index (χ0v) is 15.7. The molecule has 2 aromatic heterocycles. The predicted molar refractivity (Wildman–Crippen MR) is 107 cm³/mol. The van der Waals surface area contributed by atoms with Gasteiger partial charge in [0.2, 0.25) is 0 Å². The topological polar surface area (TPSA) is 91.5 Å². The molecule has 2 aromatic carbocycles. The summed E-state index contributed by atoms with van der Waals surface area (Å²) in [4.78, 5) is 30.6. The summed E-state index contributed by atoms with van der Waals surface area (Å²) in [7, 11) is 0. The van der Waals surface area contributed by atoms with Gasteiger partial charge in [0.25, 0.3) is 11.1 Å². The maximum Gasteiger partial charge on any atom is 0.273 e. The number of fused-ring (bicyclic) bond motifs is 1. The Balaban J connectivity index is 2.01. The smallest absolute Gasteiger partial charge is 0.273 e. The minimum atomic E-state index is -0.339. The highest BCUT2D eigenvalue weighted by Crippen LogP contribution is 2.37. The predicted octanol–water partition coefficient (Wildman–Crippen LogP) is 3.79. The molecule has 0 radical (unpaired) electrons. The number of aromatic nitrogens is 4. The summed E-state index contributed by atoms with van der Waals surface area (Å²) in [5.41, 5.74) is 1.91. The van der Waals surface area contributed by atoms with E-state index in [1.807, 2.05) is 36.4 Å². The maximum atomic E-state index is 12.8. The molecule has 0 bridgehead atoms. The molecule has 134 valence electrons. The molecule has 2 N–H and O–H groups in total. The van der Waals surface area contributed by atoms with Crippen molar-refractivity contribution in [2.24, 2.45) is 0 Å². The monoisotopic (exact) mass is 396 g/mol. The van der Waals surface area contributed by atoms with Crippen LogP contribution in [0.3, 0.4) is 0 Å². The van der Waals surface area contributed by atoms with Crippen LogP contribution in [-0.2, 0) is 0 Å². The van der Waals surface area contributed by atoms with Crippen LogP contribution in [0.15, 0.2) is 68.2 Å². The minimum absolute atomic E-state index is 0.245. The van der Waals surface area contributed by atoms with Crippen LogP contribution in [0.2, 0.25) is 5.02 Å². The molecule has 0 atom stereocenters. The number of rotatable bonds is 3. The van der Waals surface area contributed by atoms with E-state index in [1.54, 1.807) is 19.1 Å². The molecule has 27 heavy (non-hydrogen) atoms. The van der Waals surface area contributed by atoms with Crippen molar-refractivity contribution in [2.75, 3.05) is 0 Å². The molecule has 6 nitrogen and oxygen atoms in total. The third-order valence-corrected chi connectivity index (χ3v) is 5.24. The van der Waals surface area contributed by atoms with Gasteiger partial charge in [0.1, 0.15) is 5.69 Å². The van der Waals surface area contributed by atoms with Crippen molar-refractivity contribution in [3.63, 3.8) is 0 Å². The van der Waals surface area contributed by atoms with Crippen molar-refractivity contribution in [1.29, 1.82) is 0 Å². The van der Waals surface area contributed by atoms with Crippen molar-refractivity contribution in [3.05, 3.63) is 80.0 Å². The van der Waals surface area contributed by atoms with Crippen molar-refractivity contribution < 1.29 is 0 Å². The lowest BCUT2D eigenvalue weighted by molar-refractivity contribution is 0.789. The Hall–Kier alpha value is -2.90. The summed E-state index contributed by atoms with van der Waals surface area (Å²) in [6, 6.07) is 14.8. The molecule has 0 aliphatic heterocycles. The first-order chi connectivity index (χ1) is 13.0. The first-order valence-electron chi connectivity index (χ1n) is 8.05. The van der Waals surface area contributed by atoms with Gasteiger partial charge >= 0.3 is 0 Å². The van der Waals surface area contributed by atoms with Gasteiger partial charge in [0, 0.05) is 21.5 Å². The van der Waals surface area contributed by atoms with E-state index < -0.39 is 0 Å². The normalized spacial score (nSPS) is 11.0. The largest absolute Gasteiger partial charge is 0.321 e. The zero-order chi connectivity index (χ0) is 19.0. The van der Waals surface area contributed by atoms with E-state index in [-0.39, 0.29) is 22.0 Å². The van der Waals surface area contributed by atoms with Crippen molar-refractivity contribution in [1.82, 2.24) is 20.2 Å². The average molecular weight is 397 g/mol. The average Bonchev–Trinajstić information content (AvgIpc) is 2.66. The molecule has 0 aliphatic rings. The van der Waals surface area contributed by atoms with Gasteiger partial charge in [0.05, 0.1) is 4.90 Å². The molecule has 0 spiro atoms. The van der Waals surface area contributed by atoms with E-state index in [1.165, 1.54) is 0 Å². The lowest BCUT2D eigenvalue weighted by Gasteiger charge is -2.12. The molecule has 0 amide bonds. The van der Waals surface area contributed by atoms with Crippen LogP contribution in [-0.4, -0.2) is 20.2 Å². The van der Waals surface area contributed by atoms with Crippen LogP contribution < -0.4 is 11.1 Å². The van der Waals surface area contributed by atoms with E-state index in [2.05, 4.69) is 20.2 Å². The first kappa shape index (κ1) is 17.5. The zero-order valence-electron chi connectivity index (χ0n) is 14.1. The molecule has 0 saturated heterocycles. The molecule has 0 fully saturated rings. The molecule has 4 rings (SSSR count). The van der Waals surface area contributed by atoms with Gasteiger partial charge in [-0.05, 0) is 42.4 Å². The fourth-order valence-electron chi connectivity index (χ4n) is 2.76. The van der Waals surface area contributed by atoms with Gasteiger partial charge in [-0.2, -0.15) is 0 Å². The Bertz CT molecular complexity index is 1270.